The predicted octanol–water partition coefficient (Wildman–Crippen LogP) is 3.77. The van der Waals surface area contributed by atoms with E-state index in [9.17, 15) is 22.7 Å². The molecule has 4 nitrogen and oxygen atoms in total. The summed E-state index contributed by atoms with van der Waals surface area (Å²) in [5, 5.41) is 18.7. The molecular formula is C15H11ClF4N2O2. The van der Waals surface area contributed by atoms with Gasteiger partial charge < -0.3 is 15.6 Å². The van der Waals surface area contributed by atoms with E-state index in [0.717, 1.165) is 18.2 Å². The van der Waals surface area contributed by atoms with E-state index in [1.165, 1.54) is 24.3 Å². The molecule has 0 aliphatic heterocycles. The number of benzene rings is 2. The van der Waals surface area contributed by atoms with Crippen LogP contribution in [0.1, 0.15) is 22.7 Å². The smallest absolute Gasteiger partial charge is 0.506 e. The van der Waals surface area contributed by atoms with E-state index >= 15 is 0 Å². The minimum Gasteiger partial charge on any atom is -0.506 e. The first-order valence-corrected chi connectivity index (χ1v) is 6.25. The molecule has 0 saturated carbocycles. The number of phenolic OH excluding ortho intramolecular Hbond substituents is 1. The molecular weight excluding hydrogens is 352 g/mol. The van der Waals surface area contributed by atoms with Gasteiger partial charge in [-0.05, 0) is 23.8 Å². The van der Waals surface area contributed by atoms with Gasteiger partial charge >= 0.3 is 6.36 Å². The molecule has 1 atom stereocenters. The number of ether oxygens (including phenoxy) is 1. The molecule has 3 N–H and O–H groups in total. The maximum Gasteiger partial charge on any atom is 0.573 e. The Bertz CT molecular complexity index is 758. The fourth-order valence-electron chi connectivity index (χ4n) is 2.00. The molecule has 0 bridgehead atoms. The lowest BCUT2D eigenvalue weighted by Gasteiger charge is -2.16. The van der Waals surface area contributed by atoms with Crippen molar-refractivity contribution in [3.8, 4) is 17.6 Å². The van der Waals surface area contributed by atoms with Gasteiger partial charge in [0.2, 0.25) is 0 Å². The first-order valence-electron chi connectivity index (χ1n) is 6.25. The Hall–Kier alpha value is -2.50. The lowest BCUT2D eigenvalue weighted by atomic mass is 9.96. The number of hydrogen-bond acceptors (Lipinski definition) is 4. The number of nitrogens with two attached hydrogens (primary N) is 1. The Morgan fingerprint density at radius 2 is 1.71 bits per heavy atom. The lowest BCUT2D eigenvalue weighted by molar-refractivity contribution is -0.274. The summed E-state index contributed by atoms with van der Waals surface area (Å²) >= 11 is 0. The van der Waals surface area contributed by atoms with Crippen molar-refractivity contribution in [1.29, 1.82) is 5.26 Å². The van der Waals surface area contributed by atoms with Gasteiger partial charge in [0, 0.05) is 5.56 Å². The van der Waals surface area contributed by atoms with E-state index in [2.05, 4.69) is 4.74 Å². The molecule has 0 fully saturated rings. The van der Waals surface area contributed by atoms with E-state index in [-0.39, 0.29) is 18.0 Å². The van der Waals surface area contributed by atoms with Crippen molar-refractivity contribution in [3.63, 3.8) is 0 Å². The van der Waals surface area contributed by atoms with Crippen LogP contribution in [0.25, 0.3) is 0 Å². The minimum atomic E-state index is -4.81. The molecule has 0 heterocycles. The van der Waals surface area contributed by atoms with E-state index in [4.69, 9.17) is 11.0 Å². The van der Waals surface area contributed by atoms with Crippen LogP contribution in [0.3, 0.4) is 0 Å². The molecule has 0 saturated heterocycles. The van der Waals surface area contributed by atoms with Crippen LogP contribution in [0.15, 0.2) is 36.4 Å². The Labute approximate surface area is 140 Å². The van der Waals surface area contributed by atoms with Crippen molar-refractivity contribution in [1.82, 2.24) is 0 Å². The van der Waals surface area contributed by atoms with Gasteiger partial charge in [-0.3, -0.25) is 0 Å². The van der Waals surface area contributed by atoms with E-state index in [1.807, 2.05) is 0 Å². The summed E-state index contributed by atoms with van der Waals surface area (Å²) in [5.41, 5.74) is 5.80. The Morgan fingerprint density at radius 1 is 1.12 bits per heavy atom. The summed E-state index contributed by atoms with van der Waals surface area (Å²) in [6.07, 6.45) is -4.81. The molecule has 0 radical (unpaired) electrons. The summed E-state index contributed by atoms with van der Waals surface area (Å²) in [4.78, 5) is 0. The van der Waals surface area contributed by atoms with Gasteiger partial charge in [0.15, 0.2) is 0 Å². The summed E-state index contributed by atoms with van der Waals surface area (Å²) in [6.45, 7) is 0. The van der Waals surface area contributed by atoms with Crippen LogP contribution in [0.5, 0.6) is 11.5 Å². The topological polar surface area (TPSA) is 79.3 Å². The molecule has 2 aromatic rings. The van der Waals surface area contributed by atoms with Gasteiger partial charge in [0.25, 0.3) is 0 Å². The van der Waals surface area contributed by atoms with Crippen molar-refractivity contribution in [2.75, 3.05) is 0 Å². The monoisotopic (exact) mass is 362 g/mol. The van der Waals surface area contributed by atoms with Crippen molar-refractivity contribution < 1.29 is 27.4 Å². The molecule has 2 rings (SSSR count). The van der Waals surface area contributed by atoms with Gasteiger partial charge in [-0.25, -0.2) is 4.39 Å². The summed E-state index contributed by atoms with van der Waals surface area (Å²) in [5.74, 6) is -1.92. The predicted molar refractivity (Wildman–Crippen MR) is 79.2 cm³/mol. The number of rotatable bonds is 3. The number of aromatic hydroxyl groups is 1. The van der Waals surface area contributed by atoms with Crippen molar-refractivity contribution in [2.45, 2.75) is 12.4 Å². The largest absolute Gasteiger partial charge is 0.573 e. The highest BCUT2D eigenvalue weighted by molar-refractivity contribution is 5.85. The van der Waals surface area contributed by atoms with Crippen molar-refractivity contribution in [2.24, 2.45) is 5.73 Å². The maximum atomic E-state index is 13.4. The Kier molecular flexibility index (Phi) is 6.01. The zero-order valence-corrected chi connectivity index (χ0v) is 12.7. The lowest BCUT2D eigenvalue weighted by Crippen LogP contribution is -2.17. The highest BCUT2D eigenvalue weighted by Crippen LogP contribution is 2.32. The summed E-state index contributed by atoms with van der Waals surface area (Å²) in [7, 11) is 0. The van der Waals surface area contributed by atoms with Gasteiger partial charge in [0.05, 0.1) is 6.04 Å². The zero-order valence-electron chi connectivity index (χ0n) is 11.8. The van der Waals surface area contributed by atoms with Crippen LogP contribution in [0, 0.1) is 17.1 Å². The first-order chi connectivity index (χ1) is 10.7. The molecule has 0 unspecified atom stereocenters. The number of nitrogens with zero attached hydrogens (tertiary/aromatic N) is 1. The second kappa shape index (κ2) is 7.38. The zero-order chi connectivity index (χ0) is 17.2. The second-order valence-corrected chi connectivity index (χ2v) is 4.57. The molecule has 24 heavy (non-hydrogen) atoms. The van der Waals surface area contributed by atoms with E-state index in [1.54, 1.807) is 0 Å². The highest BCUT2D eigenvalue weighted by Gasteiger charge is 2.31. The molecule has 0 aromatic heterocycles. The standard InChI is InChI=1S/C15H10F4N2O2.ClH/c16-12-6-5-10(14(22)11(12)7-20)13(21)8-1-3-9(4-2-8)23-15(17,18)19;/h1-6,13,22H,21H2;1H/t13-;/m1./s1. The van der Waals surface area contributed by atoms with Gasteiger partial charge in [-0.2, -0.15) is 5.26 Å². The first kappa shape index (κ1) is 19.5. The number of halogens is 5. The van der Waals surface area contributed by atoms with Crippen LogP contribution in [0.4, 0.5) is 17.6 Å². The molecule has 0 aliphatic rings. The van der Waals surface area contributed by atoms with Crippen molar-refractivity contribution in [3.05, 3.63) is 58.9 Å². The number of hydrogen-bond donors (Lipinski definition) is 2. The Morgan fingerprint density at radius 3 is 2.21 bits per heavy atom. The van der Waals surface area contributed by atoms with E-state index < -0.39 is 35.3 Å². The second-order valence-electron chi connectivity index (χ2n) is 4.57. The summed E-state index contributed by atoms with van der Waals surface area (Å²) < 4.78 is 53.4. The molecule has 128 valence electrons. The molecule has 0 aliphatic carbocycles. The Balaban J connectivity index is 0.00000288. The molecule has 0 spiro atoms. The molecule has 9 heteroatoms. The van der Waals surface area contributed by atoms with Crippen LogP contribution >= 0.6 is 12.4 Å². The fourth-order valence-corrected chi connectivity index (χ4v) is 2.00. The van der Waals surface area contributed by atoms with Crippen molar-refractivity contribution >= 4 is 12.4 Å². The van der Waals surface area contributed by atoms with Crippen LogP contribution in [-0.2, 0) is 0 Å². The molecule has 0 amide bonds. The van der Waals surface area contributed by atoms with Gasteiger partial charge in [-0.1, -0.05) is 18.2 Å². The number of nitriles is 1. The highest BCUT2D eigenvalue weighted by atomic mass is 35.5. The number of alkyl halides is 3. The number of phenols is 1. The summed E-state index contributed by atoms with van der Waals surface area (Å²) in [6, 6.07) is 7.43. The minimum absolute atomic E-state index is 0. The van der Waals surface area contributed by atoms with Crippen LogP contribution in [0.2, 0.25) is 0 Å². The third-order valence-corrected chi connectivity index (χ3v) is 3.08. The average Bonchev–Trinajstić information content (AvgIpc) is 2.46. The molecule has 2 aromatic carbocycles. The average molecular weight is 363 g/mol. The van der Waals surface area contributed by atoms with Gasteiger partial charge in [0.1, 0.15) is 28.9 Å². The van der Waals surface area contributed by atoms with Gasteiger partial charge in [-0.15, -0.1) is 25.6 Å². The fraction of sp³-hybridized carbons (Fsp3) is 0.133. The SMILES string of the molecule is Cl.N#Cc1c(F)ccc([C@H](N)c2ccc(OC(F)(F)F)cc2)c1O. The quantitative estimate of drug-likeness (QED) is 0.815. The third kappa shape index (κ3) is 4.28. The third-order valence-electron chi connectivity index (χ3n) is 3.08. The maximum absolute atomic E-state index is 13.4. The normalized spacial score (nSPS) is 12.0. The van der Waals surface area contributed by atoms with E-state index in [0.29, 0.717) is 5.56 Å². The van der Waals surface area contributed by atoms with Crippen LogP contribution < -0.4 is 10.5 Å². The van der Waals surface area contributed by atoms with Crippen LogP contribution in [-0.4, -0.2) is 11.5 Å².